The summed E-state index contributed by atoms with van der Waals surface area (Å²) in [7, 11) is 0. The van der Waals surface area contributed by atoms with E-state index >= 15 is 0 Å². The molecule has 0 spiro atoms. The lowest BCUT2D eigenvalue weighted by Gasteiger charge is -2.24. The molecule has 0 aromatic heterocycles. The van der Waals surface area contributed by atoms with Crippen LogP contribution in [0.5, 0.6) is 0 Å². The number of aliphatic hydroxyl groups is 1. The molecule has 0 aliphatic rings. The highest BCUT2D eigenvalue weighted by Gasteiger charge is 2.38. The number of halogens is 3. The van der Waals surface area contributed by atoms with Crippen molar-refractivity contribution >= 4 is 5.97 Å². The number of hydrogen-bond acceptors (Lipinski definition) is 3. The number of carbonyl (C=O) groups is 1. The van der Waals surface area contributed by atoms with Gasteiger partial charge in [-0.1, -0.05) is 6.92 Å². The van der Waals surface area contributed by atoms with E-state index in [0.717, 1.165) is 0 Å². The Balaban J connectivity index is 4.04. The number of hydrogen-bond donors (Lipinski definition) is 2. The Morgan fingerprint density at radius 3 is 2.33 bits per heavy atom. The highest BCUT2D eigenvalue weighted by Crippen LogP contribution is 2.20. The maximum atomic E-state index is 12.0. The zero-order chi connectivity index (χ0) is 12.1. The molecule has 0 bridgehead atoms. The van der Waals surface area contributed by atoms with Crippen molar-refractivity contribution in [2.75, 3.05) is 19.6 Å². The lowest BCUT2D eigenvalue weighted by Crippen LogP contribution is -2.41. The summed E-state index contributed by atoms with van der Waals surface area (Å²) in [6, 6.07) is 0. The summed E-state index contributed by atoms with van der Waals surface area (Å²) in [6.07, 6.45) is -7.32. The van der Waals surface area contributed by atoms with Crippen LogP contribution >= 0.6 is 0 Å². The zero-order valence-electron chi connectivity index (χ0n) is 8.29. The first-order valence-corrected chi connectivity index (χ1v) is 4.46. The van der Waals surface area contributed by atoms with Gasteiger partial charge in [0.15, 0.2) is 6.10 Å². The predicted molar refractivity (Wildman–Crippen MR) is 46.4 cm³/mol. The number of carboxylic acids is 1. The fraction of sp³-hybridized carbons (Fsp3) is 0.875. The molecule has 0 aromatic carbocycles. The van der Waals surface area contributed by atoms with Crippen LogP contribution in [0.3, 0.4) is 0 Å². The second-order valence-electron chi connectivity index (χ2n) is 3.09. The van der Waals surface area contributed by atoms with E-state index in [2.05, 4.69) is 0 Å². The molecule has 1 unspecified atom stereocenters. The Bertz CT molecular complexity index is 208. The van der Waals surface area contributed by atoms with E-state index in [1.54, 1.807) is 6.92 Å². The summed E-state index contributed by atoms with van der Waals surface area (Å²) in [4.78, 5) is 11.4. The van der Waals surface area contributed by atoms with Gasteiger partial charge < -0.3 is 15.1 Å². The average Bonchev–Trinajstić information content (AvgIpc) is 2.09. The molecule has 4 nitrogen and oxygen atoms in total. The number of aliphatic carboxylic acids is 1. The number of aliphatic hydroxyl groups excluding tert-OH is 1. The monoisotopic (exact) mass is 229 g/mol. The first-order chi connectivity index (χ1) is 6.77. The van der Waals surface area contributed by atoms with Gasteiger partial charge in [-0.15, -0.1) is 0 Å². The maximum absolute atomic E-state index is 12.0. The smallest absolute Gasteiger partial charge is 0.415 e. The lowest BCUT2D eigenvalue weighted by atomic mass is 10.3. The topological polar surface area (TPSA) is 60.8 Å². The van der Waals surface area contributed by atoms with E-state index in [1.807, 2.05) is 0 Å². The molecule has 0 heterocycles. The SMILES string of the molecule is CCN(CCC(=O)O)CC(O)C(F)(F)F. The minimum Gasteiger partial charge on any atom is -0.481 e. The summed E-state index contributed by atoms with van der Waals surface area (Å²) in [5.74, 6) is -1.07. The molecule has 1 atom stereocenters. The molecule has 0 saturated heterocycles. The number of carboxylic acid groups (broad SMARTS) is 1. The molecule has 0 aromatic rings. The Kier molecular flexibility index (Phi) is 5.59. The average molecular weight is 229 g/mol. The normalized spacial score (nSPS) is 14.3. The van der Waals surface area contributed by atoms with Crippen LogP contribution in [-0.4, -0.2) is 53.0 Å². The van der Waals surface area contributed by atoms with E-state index in [0.29, 0.717) is 0 Å². The van der Waals surface area contributed by atoms with Gasteiger partial charge in [0.1, 0.15) is 0 Å². The fourth-order valence-electron chi connectivity index (χ4n) is 0.980. The van der Waals surface area contributed by atoms with Gasteiger partial charge in [-0.25, -0.2) is 0 Å². The van der Waals surface area contributed by atoms with Crippen molar-refractivity contribution in [3.63, 3.8) is 0 Å². The Morgan fingerprint density at radius 1 is 1.47 bits per heavy atom. The molecule has 0 rings (SSSR count). The van der Waals surface area contributed by atoms with Crippen LogP contribution in [-0.2, 0) is 4.79 Å². The van der Waals surface area contributed by atoms with Gasteiger partial charge in [0.05, 0.1) is 6.42 Å². The Hall–Kier alpha value is -0.820. The standard InChI is InChI=1S/C8H14F3NO3/c1-2-12(4-3-7(14)15)5-6(13)8(9,10)11/h6,13H,2-5H2,1H3,(H,14,15). The van der Waals surface area contributed by atoms with Gasteiger partial charge in [-0.3, -0.25) is 4.79 Å². The first kappa shape index (κ1) is 14.2. The fourth-order valence-corrected chi connectivity index (χ4v) is 0.980. The van der Waals surface area contributed by atoms with Gasteiger partial charge in [-0.05, 0) is 6.54 Å². The quantitative estimate of drug-likeness (QED) is 0.704. The molecule has 0 radical (unpaired) electrons. The highest BCUT2D eigenvalue weighted by molar-refractivity contribution is 5.66. The number of rotatable bonds is 6. The Morgan fingerprint density at radius 2 is 2.00 bits per heavy atom. The van der Waals surface area contributed by atoms with Crippen LogP contribution in [0.4, 0.5) is 13.2 Å². The number of alkyl halides is 3. The summed E-state index contributed by atoms with van der Waals surface area (Å²) >= 11 is 0. The highest BCUT2D eigenvalue weighted by atomic mass is 19.4. The first-order valence-electron chi connectivity index (χ1n) is 4.46. The van der Waals surface area contributed by atoms with Crippen molar-refractivity contribution in [3.8, 4) is 0 Å². The number of likely N-dealkylation sites (N-methyl/N-ethyl adjacent to an activating group) is 1. The molecule has 15 heavy (non-hydrogen) atoms. The molecule has 0 amide bonds. The van der Waals surface area contributed by atoms with E-state index in [-0.39, 0.29) is 19.5 Å². The van der Waals surface area contributed by atoms with E-state index in [4.69, 9.17) is 10.2 Å². The van der Waals surface area contributed by atoms with Gasteiger partial charge in [0, 0.05) is 13.1 Å². The summed E-state index contributed by atoms with van der Waals surface area (Å²) in [5, 5.41) is 17.1. The van der Waals surface area contributed by atoms with Gasteiger partial charge in [0.25, 0.3) is 0 Å². The molecule has 7 heteroatoms. The van der Waals surface area contributed by atoms with E-state index in [9.17, 15) is 18.0 Å². The number of nitrogens with zero attached hydrogens (tertiary/aromatic N) is 1. The van der Waals surface area contributed by atoms with Crippen LogP contribution in [0.15, 0.2) is 0 Å². The van der Waals surface area contributed by atoms with Crippen LogP contribution in [0, 0.1) is 0 Å². The molecule has 0 fully saturated rings. The second kappa shape index (κ2) is 5.92. The third kappa shape index (κ3) is 6.29. The van der Waals surface area contributed by atoms with E-state index < -0.39 is 24.8 Å². The van der Waals surface area contributed by atoms with Crippen LogP contribution in [0.2, 0.25) is 0 Å². The van der Waals surface area contributed by atoms with Crippen LogP contribution in [0.1, 0.15) is 13.3 Å². The van der Waals surface area contributed by atoms with Crippen LogP contribution < -0.4 is 0 Å². The van der Waals surface area contributed by atoms with E-state index in [1.165, 1.54) is 4.90 Å². The van der Waals surface area contributed by atoms with Gasteiger partial charge in [0.2, 0.25) is 0 Å². The third-order valence-corrected chi connectivity index (χ3v) is 1.90. The minimum absolute atomic E-state index is 0.00102. The molecular weight excluding hydrogens is 215 g/mol. The largest absolute Gasteiger partial charge is 0.481 e. The molecule has 0 saturated carbocycles. The van der Waals surface area contributed by atoms with Crippen molar-refractivity contribution in [1.82, 2.24) is 4.90 Å². The van der Waals surface area contributed by atoms with Crippen molar-refractivity contribution in [2.45, 2.75) is 25.6 Å². The summed E-state index contributed by atoms with van der Waals surface area (Å²) < 4.78 is 35.9. The van der Waals surface area contributed by atoms with Crippen molar-refractivity contribution in [1.29, 1.82) is 0 Å². The minimum atomic E-state index is -4.66. The maximum Gasteiger partial charge on any atom is 0.415 e. The van der Waals surface area contributed by atoms with Crippen molar-refractivity contribution in [2.24, 2.45) is 0 Å². The second-order valence-corrected chi connectivity index (χ2v) is 3.09. The molecule has 90 valence electrons. The summed E-state index contributed by atoms with van der Waals surface area (Å²) in [6.45, 7) is 1.28. The summed E-state index contributed by atoms with van der Waals surface area (Å²) in [5.41, 5.74) is 0. The zero-order valence-corrected chi connectivity index (χ0v) is 8.29. The predicted octanol–water partition coefficient (Wildman–Crippen LogP) is 0.706. The molecule has 0 aliphatic carbocycles. The third-order valence-electron chi connectivity index (χ3n) is 1.90. The van der Waals surface area contributed by atoms with Crippen molar-refractivity contribution in [3.05, 3.63) is 0 Å². The van der Waals surface area contributed by atoms with Crippen LogP contribution in [0.25, 0.3) is 0 Å². The van der Waals surface area contributed by atoms with Gasteiger partial charge >= 0.3 is 12.1 Å². The molecule has 0 aliphatic heterocycles. The molecular formula is C8H14F3NO3. The van der Waals surface area contributed by atoms with Crippen molar-refractivity contribution < 1.29 is 28.2 Å². The Labute approximate surface area is 85.3 Å². The molecule has 2 N–H and O–H groups in total. The van der Waals surface area contributed by atoms with Gasteiger partial charge in [-0.2, -0.15) is 13.2 Å². The lowest BCUT2D eigenvalue weighted by molar-refractivity contribution is -0.208.